The Hall–Kier alpha value is -1.61. The summed E-state index contributed by atoms with van der Waals surface area (Å²) in [6.07, 6.45) is 20.4. The monoisotopic (exact) mass is 301 g/mol. The molecule has 0 heterocycles. The van der Waals surface area contributed by atoms with E-state index in [0.717, 1.165) is 25.8 Å². The van der Waals surface area contributed by atoms with Gasteiger partial charge in [-0.05, 0) is 36.5 Å². The van der Waals surface area contributed by atoms with Crippen LogP contribution in [0.3, 0.4) is 0 Å². The third-order valence-corrected chi connectivity index (χ3v) is 4.60. The van der Waals surface area contributed by atoms with Crippen molar-refractivity contribution in [2.45, 2.75) is 26.2 Å². The SMILES string of the molecule is CC(=O)NCCCCC(CO)C(C1C=CC=C1)C1C=CC=C1. The molecule has 0 aromatic carbocycles. The summed E-state index contributed by atoms with van der Waals surface area (Å²) >= 11 is 0. The van der Waals surface area contributed by atoms with Crippen LogP contribution in [0.4, 0.5) is 0 Å². The molecule has 120 valence electrons. The Labute approximate surface area is 133 Å². The fourth-order valence-electron chi connectivity index (χ4n) is 3.50. The second-order valence-corrected chi connectivity index (χ2v) is 6.19. The molecule has 3 nitrogen and oxygen atoms in total. The summed E-state index contributed by atoms with van der Waals surface area (Å²) in [4.78, 5) is 10.9. The van der Waals surface area contributed by atoms with Crippen molar-refractivity contribution in [3.05, 3.63) is 48.6 Å². The Bertz CT molecular complexity index is 424. The van der Waals surface area contributed by atoms with E-state index in [1.165, 1.54) is 0 Å². The van der Waals surface area contributed by atoms with Gasteiger partial charge in [0.15, 0.2) is 0 Å². The van der Waals surface area contributed by atoms with Gasteiger partial charge in [0.25, 0.3) is 0 Å². The minimum absolute atomic E-state index is 0.0269. The van der Waals surface area contributed by atoms with Crippen molar-refractivity contribution in [2.75, 3.05) is 13.2 Å². The zero-order valence-corrected chi connectivity index (χ0v) is 13.3. The Morgan fingerprint density at radius 2 is 1.59 bits per heavy atom. The fraction of sp³-hybridized carbons (Fsp3) is 0.526. The van der Waals surface area contributed by atoms with Crippen molar-refractivity contribution >= 4 is 5.91 Å². The number of aliphatic hydroxyl groups is 1. The van der Waals surface area contributed by atoms with Crippen molar-refractivity contribution in [3.63, 3.8) is 0 Å². The summed E-state index contributed by atoms with van der Waals surface area (Å²) in [5.41, 5.74) is 0. The smallest absolute Gasteiger partial charge is 0.216 e. The molecule has 1 amide bonds. The summed E-state index contributed by atoms with van der Waals surface area (Å²) in [6.45, 7) is 2.50. The van der Waals surface area contributed by atoms with E-state index in [9.17, 15) is 9.90 Å². The number of unbranched alkanes of at least 4 members (excludes halogenated alkanes) is 1. The average molecular weight is 301 g/mol. The van der Waals surface area contributed by atoms with Gasteiger partial charge >= 0.3 is 0 Å². The van der Waals surface area contributed by atoms with E-state index < -0.39 is 0 Å². The van der Waals surface area contributed by atoms with Crippen LogP contribution in [0.2, 0.25) is 0 Å². The highest BCUT2D eigenvalue weighted by Crippen LogP contribution is 2.38. The van der Waals surface area contributed by atoms with Crippen LogP contribution in [-0.2, 0) is 4.79 Å². The summed E-state index contributed by atoms with van der Waals surface area (Å²) < 4.78 is 0. The normalized spacial score (nSPS) is 18.7. The predicted octanol–water partition coefficient (Wildman–Crippen LogP) is 3.00. The Balaban J connectivity index is 1.90. The van der Waals surface area contributed by atoms with Crippen LogP contribution < -0.4 is 5.32 Å². The third-order valence-electron chi connectivity index (χ3n) is 4.60. The summed E-state index contributed by atoms with van der Waals surface area (Å²) in [5, 5.41) is 12.7. The van der Waals surface area contributed by atoms with E-state index in [0.29, 0.717) is 17.8 Å². The molecule has 0 saturated carbocycles. The number of hydrogen-bond acceptors (Lipinski definition) is 2. The van der Waals surface area contributed by atoms with E-state index in [1.807, 2.05) is 0 Å². The first-order chi connectivity index (χ1) is 10.7. The Morgan fingerprint density at radius 3 is 2.05 bits per heavy atom. The van der Waals surface area contributed by atoms with Crippen molar-refractivity contribution in [3.8, 4) is 0 Å². The van der Waals surface area contributed by atoms with E-state index in [-0.39, 0.29) is 18.4 Å². The van der Waals surface area contributed by atoms with Crippen molar-refractivity contribution in [1.82, 2.24) is 5.32 Å². The molecule has 0 aliphatic heterocycles. The molecule has 3 heteroatoms. The Kier molecular flexibility index (Phi) is 6.66. The molecule has 0 bridgehead atoms. The molecule has 2 aliphatic carbocycles. The lowest BCUT2D eigenvalue weighted by molar-refractivity contribution is -0.118. The lowest BCUT2D eigenvalue weighted by Gasteiger charge is -2.32. The second-order valence-electron chi connectivity index (χ2n) is 6.19. The lowest BCUT2D eigenvalue weighted by Crippen LogP contribution is -2.29. The fourth-order valence-corrected chi connectivity index (χ4v) is 3.50. The van der Waals surface area contributed by atoms with E-state index in [4.69, 9.17) is 0 Å². The molecule has 0 saturated heterocycles. The largest absolute Gasteiger partial charge is 0.396 e. The number of rotatable bonds is 9. The maximum absolute atomic E-state index is 10.9. The first-order valence-corrected chi connectivity index (χ1v) is 8.27. The molecule has 1 atom stereocenters. The van der Waals surface area contributed by atoms with Gasteiger partial charge in [-0.2, -0.15) is 0 Å². The topological polar surface area (TPSA) is 49.3 Å². The quantitative estimate of drug-likeness (QED) is 0.643. The summed E-state index contributed by atoms with van der Waals surface area (Å²) in [7, 11) is 0. The molecule has 0 aromatic rings. The zero-order valence-electron chi connectivity index (χ0n) is 13.3. The van der Waals surface area contributed by atoms with Crippen LogP contribution in [0.1, 0.15) is 26.2 Å². The van der Waals surface area contributed by atoms with Gasteiger partial charge in [0, 0.05) is 20.1 Å². The third kappa shape index (κ3) is 4.70. The van der Waals surface area contributed by atoms with E-state index in [2.05, 4.69) is 53.9 Å². The van der Waals surface area contributed by atoms with Crippen LogP contribution in [0.15, 0.2) is 48.6 Å². The molecular formula is C19H27NO2. The highest BCUT2D eigenvalue weighted by Gasteiger charge is 2.32. The highest BCUT2D eigenvalue weighted by molar-refractivity contribution is 5.72. The number of carbonyl (C=O) groups is 1. The minimum atomic E-state index is 0.0269. The van der Waals surface area contributed by atoms with Gasteiger partial charge in [0.2, 0.25) is 5.91 Å². The van der Waals surface area contributed by atoms with Gasteiger partial charge in [0.05, 0.1) is 0 Å². The van der Waals surface area contributed by atoms with Crippen LogP contribution in [-0.4, -0.2) is 24.2 Å². The molecule has 0 fully saturated rings. The maximum Gasteiger partial charge on any atom is 0.216 e. The van der Waals surface area contributed by atoms with Crippen molar-refractivity contribution in [2.24, 2.45) is 23.7 Å². The minimum Gasteiger partial charge on any atom is -0.396 e. The van der Waals surface area contributed by atoms with Gasteiger partial charge in [-0.1, -0.05) is 55.0 Å². The van der Waals surface area contributed by atoms with Crippen LogP contribution in [0.5, 0.6) is 0 Å². The molecule has 2 rings (SSSR count). The van der Waals surface area contributed by atoms with Crippen LogP contribution in [0.25, 0.3) is 0 Å². The van der Waals surface area contributed by atoms with Gasteiger partial charge < -0.3 is 10.4 Å². The number of hydrogen-bond donors (Lipinski definition) is 2. The van der Waals surface area contributed by atoms with E-state index >= 15 is 0 Å². The van der Waals surface area contributed by atoms with Gasteiger partial charge in [0.1, 0.15) is 0 Å². The van der Waals surface area contributed by atoms with Crippen LogP contribution in [0, 0.1) is 23.7 Å². The molecule has 0 spiro atoms. The summed E-state index contributed by atoms with van der Waals surface area (Å²) in [5.74, 6) is 1.54. The highest BCUT2D eigenvalue weighted by atomic mass is 16.3. The first-order valence-electron chi connectivity index (χ1n) is 8.27. The molecule has 1 unspecified atom stereocenters. The number of carbonyl (C=O) groups excluding carboxylic acids is 1. The van der Waals surface area contributed by atoms with Gasteiger partial charge in [-0.25, -0.2) is 0 Å². The Morgan fingerprint density at radius 1 is 1.05 bits per heavy atom. The number of nitrogens with one attached hydrogen (secondary N) is 1. The predicted molar refractivity (Wildman–Crippen MR) is 90.1 cm³/mol. The van der Waals surface area contributed by atoms with Gasteiger partial charge in [-0.3, -0.25) is 4.79 Å². The molecule has 2 N–H and O–H groups in total. The number of amides is 1. The molecule has 0 radical (unpaired) electrons. The zero-order chi connectivity index (χ0) is 15.8. The lowest BCUT2D eigenvalue weighted by atomic mass is 9.72. The molecule has 2 aliphatic rings. The van der Waals surface area contributed by atoms with Gasteiger partial charge in [-0.15, -0.1) is 0 Å². The van der Waals surface area contributed by atoms with E-state index in [1.54, 1.807) is 6.92 Å². The summed E-state index contributed by atoms with van der Waals surface area (Å²) in [6, 6.07) is 0. The molecular weight excluding hydrogens is 274 g/mol. The average Bonchev–Trinajstić information content (AvgIpc) is 3.19. The van der Waals surface area contributed by atoms with Crippen molar-refractivity contribution in [1.29, 1.82) is 0 Å². The van der Waals surface area contributed by atoms with Crippen LogP contribution >= 0.6 is 0 Å². The maximum atomic E-state index is 10.9. The number of allylic oxidation sites excluding steroid dienone is 8. The number of aliphatic hydroxyl groups excluding tert-OH is 1. The standard InChI is InChI=1S/C19H27NO2/c1-15(22)20-13-7-6-12-18(14-21)19(16-8-2-3-9-16)17-10-4-5-11-17/h2-5,8-11,16-19,21H,6-7,12-14H2,1H3,(H,20,22). The van der Waals surface area contributed by atoms with Crippen molar-refractivity contribution < 1.29 is 9.90 Å². The molecule has 22 heavy (non-hydrogen) atoms. The second kappa shape index (κ2) is 8.74. The molecule has 0 aromatic heterocycles. The first kappa shape index (κ1) is 16.8.